The fraction of sp³-hybridized carbons (Fsp3) is 0.316. The SMILES string of the molecule is N#Cc1ccc(C(O)CN2CCN(c3cccc(O)c3)CC2)cc1. The predicted molar refractivity (Wildman–Crippen MR) is 92.9 cm³/mol. The Morgan fingerprint density at radius 3 is 2.38 bits per heavy atom. The Hall–Kier alpha value is -2.55. The highest BCUT2D eigenvalue weighted by atomic mass is 16.3. The first-order valence-electron chi connectivity index (χ1n) is 8.10. The minimum atomic E-state index is -0.551. The highest BCUT2D eigenvalue weighted by molar-refractivity contribution is 5.50. The second kappa shape index (κ2) is 7.35. The standard InChI is InChI=1S/C19H21N3O2/c20-13-15-4-6-16(7-5-15)19(24)14-21-8-10-22(11-9-21)17-2-1-3-18(23)12-17/h1-7,12,19,23-24H,8-11,14H2. The summed E-state index contributed by atoms with van der Waals surface area (Å²) in [6, 6.07) is 16.5. The predicted octanol–water partition coefficient (Wildman–Crippen LogP) is 2.12. The van der Waals surface area contributed by atoms with E-state index in [1.54, 1.807) is 24.3 Å². The van der Waals surface area contributed by atoms with Gasteiger partial charge in [-0.05, 0) is 29.8 Å². The maximum Gasteiger partial charge on any atom is 0.117 e. The molecule has 0 aromatic heterocycles. The third kappa shape index (κ3) is 3.85. The Kier molecular flexibility index (Phi) is 4.99. The normalized spacial score (nSPS) is 16.6. The van der Waals surface area contributed by atoms with Gasteiger partial charge in [-0.15, -0.1) is 0 Å². The third-order valence-electron chi connectivity index (χ3n) is 4.42. The quantitative estimate of drug-likeness (QED) is 0.902. The van der Waals surface area contributed by atoms with E-state index in [1.165, 1.54) is 0 Å². The van der Waals surface area contributed by atoms with Gasteiger partial charge in [0.15, 0.2) is 0 Å². The average Bonchev–Trinajstić information content (AvgIpc) is 2.62. The molecule has 1 aliphatic rings. The Morgan fingerprint density at radius 1 is 1.04 bits per heavy atom. The van der Waals surface area contributed by atoms with Crippen LogP contribution in [-0.4, -0.2) is 47.8 Å². The molecule has 1 heterocycles. The molecule has 1 aliphatic heterocycles. The largest absolute Gasteiger partial charge is 0.508 e. The van der Waals surface area contributed by atoms with Gasteiger partial charge in [0.05, 0.1) is 17.7 Å². The zero-order valence-corrected chi connectivity index (χ0v) is 13.5. The van der Waals surface area contributed by atoms with Gasteiger partial charge in [-0.25, -0.2) is 0 Å². The first-order valence-corrected chi connectivity index (χ1v) is 8.10. The molecule has 0 aliphatic carbocycles. The van der Waals surface area contributed by atoms with Crippen molar-refractivity contribution in [1.29, 1.82) is 5.26 Å². The summed E-state index contributed by atoms with van der Waals surface area (Å²) < 4.78 is 0. The van der Waals surface area contributed by atoms with E-state index in [0.29, 0.717) is 12.1 Å². The van der Waals surface area contributed by atoms with Crippen molar-refractivity contribution in [1.82, 2.24) is 4.90 Å². The van der Waals surface area contributed by atoms with Gasteiger partial charge in [0.1, 0.15) is 5.75 Å². The number of aliphatic hydroxyl groups is 1. The summed E-state index contributed by atoms with van der Waals surface area (Å²) in [6.07, 6.45) is -0.551. The van der Waals surface area contributed by atoms with Crippen LogP contribution < -0.4 is 4.90 Å². The molecule has 0 amide bonds. The zero-order chi connectivity index (χ0) is 16.9. The lowest BCUT2D eigenvalue weighted by Crippen LogP contribution is -2.47. The second-order valence-electron chi connectivity index (χ2n) is 6.06. The van der Waals surface area contributed by atoms with E-state index in [4.69, 9.17) is 5.26 Å². The Morgan fingerprint density at radius 2 is 1.75 bits per heavy atom. The minimum Gasteiger partial charge on any atom is -0.508 e. The van der Waals surface area contributed by atoms with Gasteiger partial charge in [0, 0.05) is 44.5 Å². The molecule has 1 atom stereocenters. The first-order chi connectivity index (χ1) is 11.7. The molecule has 1 fully saturated rings. The van der Waals surface area contributed by atoms with Crippen molar-refractivity contribution in [2.45, 2.75) is 6.10 Å². The van der Waals surface area contributed by atoms with Crippen LogP contribution >= 0.6 is 0 Å². The van der Waals surface area contributed by atoms with Crippen LogP contribution in [0.2, 0.25) is 0 Å². The van der Waals surface area contributed by atoms with Gasteiger partial charge >= 0.3 is 0 Å². The number of nitrogens with zero attached hydrogens (tertiary/aromatic N) is 3. The van der Waals surface area contributed by atoms with Crippen molar-refractivity contribution in [2.75, 3.05) is 37.6 Å². The van der Waals surface area contributed by atoms with E-state index in [9.17, 15) is 10.2 Å². The highest BCUT2D eigenvalue weighted by Gasteiger charge is 2.20. The Labute approximate surface area is 142 Å². The minimum absolute atomic E-state index is 0.283. The Balaban J connectivity index is 1.54. The molecule has 0 saturated carbocycles. The smallest absolute Gasteiger partial charge is 0.117 e. The van der Waals surface area contributed by atoms with Crippen molar-refractivity contribution in [3.05, 3.63) is 59.7 Å². The maximum absolute atomic E-state index is 10.4. The number of benzene rings is 2. The molecule has 124 valence electrons. The van der Waals surface area contributed by atoms with Crippen molar-refractivity contribution in [3.63, 3.8) is 0 Å². The van der Waals surface area contributed by atoms with Crippen molar-refractivity contribution in [2.24, 2.45) is 0 Å². The van der Waals surface area contributed by atoms with E-state index in [2.05, 4.69) is 15.9 Å². The summed E-state index contributed by atoms with van der Waals surface area (Å²) in [7, 11) is 0. The maximum atomic E-state index is 10.4. The van der Waals surface area contributed by atoms with Crippen LogP contribution in [0.15, 0.2) is 48.5 Å². The zero-order valence-electron chi connectivity index (χ0n) is 13.5. The molecule has 2 N–H and O–H groups in total. The molecular formula is C19H21N3O2. The molecule has 2 aromatic rings. The highest BCUT2D eigenvalue weighted by Crippen LogP contribution is 2.22. The molecule has 2 aromatic carbocycles. The molecule has 5 nitrogen and oxygen atoms in total. The van der Waals surface area contributed by atoms with Gasteiger partial charge in [0.25, 0.3) is 0 Å². The monoisotopic (exact) mass is 323 g/mol. The summed E-state index contributed by atoms with van der Waals surface area (Å²) in [6.45, 7) is 4.04. The number of phenolic OH excluding ortho intramolecular Hbond substituents is 1. The van der Waals surface area contributed by atoms with E-state index >= 15 is 0 Å². The van der Waals surface area contributed by atoms with E-state index in [0.717, 1.165) is 37.4 Å². The summed E-state index contributed by atoms with van der Waals surface area (Å²) >= 11 is 0. The van der Waals surface area contributed by atoms with Gasteiger partial charge in [-0.3, -0.25) is 4.90 Å². The number of phenols is 1. The van der Waals surface area contributed by atoms with E-state index in [1.807, 2.05) is 24.3 Å². The second-order valence-corrected chi connectivity index (χ2v) is 6.06. The molecule has 0 bridgehead atoms. The van der Waals surface area contributed by atoms with Crippen LogP contribution in [0.4, 0.5) is 5.69 Å². The lowest BCUT2D eigenvalue weighted by molar-refractivity contribution is 0.109. The number of hydrogen-bond acceptors (Lipinski definition) is 5. The van der Waals surface area contributed by atoms with Crippen molar-refractivity contribution < 1.29 is 10.2 Å². The number of aromatic hydroxyl groups is 1. The van der Waals surface area contributed by atoms with Crippen LogP contribution in [0, 0.1) is 11.3 Å². The van der Waals surface area contributed by atoms with E-state index < -0.39 is 6.10 Å². The first kappa shape index (κ1) is 16.3. The van der Waals surface area contributed by atoms with Crippen LogP contribution in [0.1, 0.15) is 17.2 Å². The van der Waals surface area contributed by atoms with Crippen molar-refractivity contribution >= 4 is 5.69 Å². The Bertz CT molecular complexity index is 716. The molecule has 3 rings (SSSR count). The summed E-state index contributed by atoms with van der Waals surface area (Å²) in [4.78, 5) is 4.48. The summed E-state index contributed by atoms with van der Waals surface area (Å²) in [5.74, 6) is 0.283. The number of aliphatic hydroxyl groups excluding tert-OH is 1. The van der Waals surface area contributed by atoms with Crippen LogP contribution in [0.25, 0.3) is 0 Å². The molecular weight excluding hydrogens is 302 g/mol. The third-order valence-corrected chi connectivity index (χ3v) is 4.42. The van der Waals surface area contributed by atoms with Crippen LogP contribution in [-0.2, 0) is 0 Å². The lowest BCUT2D eigenvalue weighted by Gasteiger charge is -2.37. The van der Waals surface area contributed by atoms with Crippen LogP contribution in [0.3, 0.4) is 0 Å². The fourth-order valence-corrected chi connectivity index (χ4v) is 3.01. The molecule has 0 radical (unpaired) electrons. The van der Waals surface area contributed by atoms with Gasteiger partial charge < -0.3 is 15.1 Å². The fourth-order valence-electron chi connectivity index (χ4n) is 3.01. The number of hydrogen-bond donors (Lipinski definition) is 2. The number of anilines is 1. The van der Waals surface area contributed by atoms with Gasteiger partial charge in [-0.1, -0.05) is 18.2 Å². The number of piperazine rings is 1. The topological polar surface area (TPSA) is 70.7 Å². The van der Waals surface area contributed by atoms with Crippen molar-refractivity contribution in [3.8, 4) is 11.8 Å². The molecule has 24 heavy (non-hydrogen) atoms. The number of nitriles is 1. The lowest BCUT2D eigenvalue weighted by atomic mass is 10.1. The molecule has 1 unspecified atom stereocenters. The van der Waals surface area contributed by atoms with E-state index in [-0.39, 0.29) is 5.75 Å². The van der Waals surface area contributed by atoms with Crippen LogP contribution in [0.5, 0.6) is 5.75 Å². The molecule has 1 saturated heterocycles. The molecule has 5 heteroatoms. The van der Waals surface area contributed by atoms with Gasteiger partial charge in [-0.2, -0.15) is 5.26 Å². The molecule has 0 spiro atoms. The average molecular weight is 323 g/mol. The number of β-amino-alcohol motifs (C(OH)–C–C–N with tert-alkyl or cyclic N) is 1. The van der Waals surface area contributed by atoms with Gasteiger partial charge in [0.2, 0.25) is 0 Å². The summed E-state index contributed by atoms with van der Waals surface area (Å²) in [5.41, 5.74) is 2.47. The summed E-state index contributed by atoms with van der Waals surface area (Å²) in [5, 5.41) is 28.8. The number of rotatable bonds is 4.